The zero-order valence-corrected chi connectivity index (χ0v) is 10.6. The number of hydrogen-bond acceptors (Lipinski definition) is 3. The van der Waals surface area contributed by atoms with Crippen LogP contribution in [0.3, 0.4) is 0 Å². The number of hydrogen-bond donors (Lipinski definition) is 1. The van der Waals surface area contributed by atoms with Gasteiger partial charge in [0.15, 0.2) is 0 Å². The first-order valence-electron chi connectivity index (χ1n) is 5.04. The maximum absolute atomic E-state index is 13.1. The number of aromatic nitrogens is 1. The highest BCUT2D eigenvalue weighted by Crippen LogP contribution is 2.28. The van der Waals surface area contributed by atoms with Crippen LogP contribution in [0.2, 0.25) is 0 Å². The van der Waals surface area contributed by atoms with E-state index >= 15 is 0 Å². The van der Waals surface area contributed by atoms with Crippen LogP contribution < -0.4 is 0 Å². The van der Waals surface area contributed by atoms with Crippen molar-refractivity contribution in [3.63, 3.8) is 0 Å². The predicted molar refractivity (Wildman–Crippen MR) is 69.8 cm³/mol. The van der Waals surface area contributed by atoms with Crippen molar-refractivity contribution in [2.24, 2.45) is 0 Å². The van der Waals surface area contributed by atoms with Crippen LogP contribution in [0.25, 0.3) is 10.6 Å². The average molecular weight is 253 g/mol. The number of thiol groups is 1. The smallest absolute Gasteiger partial charge is 0.123 e. The molecule has 1 heterocycles. The standard InChI is InChI=1S/C12H12FNS2/c1-8-11(5-6-15)16-12(14-8)9-3-2-4-10(13)7-9/h2-4,7,15H,5-6H2,1H3. The summed E-state index contributed by atoms with van der Waals surface area (Å²) < 4.78 is 13.1. The molecule has 1 aromatic heterocycles. The number of aryl methyl sites for hydroxylation is 2. The van der Waals surface area contributed by atoms with E-state index in [1.807, 2.05) is 13.0 Å². The minimum Gasteiger partial charge on any atom is -0.241 e. The summed E-state index contributed by atoms with van der Waals surface area (Å²) in [6.45, 7) is 1.98. The minimum atomic E-state index is -0.221. The molecule has 0 amide bonds. The van der Waals surface area contributed by atoms with Gasteiger partial charge in [-0.1, -0.05) is 12.1 Å². The van der Waals surface area contributed by atoms with Gasteiger partial charge in [0.1, 0.15) is 10.8 Å². The van der Waals surface area contributed by atoms with E-state index in [1.165, 1.54) is 17.0 Å². The third kappa shape index (κ3) is 2.44. The molecule has 0 spiro atoms. The van der Waals surface area contributed by atoms with Crippen LogP contribution in [0, 0.1) is 12.7 Å². The third-order valence-corrected chi connectivity index (χ3v) is 3.79. The van der Waals surface area contributed by atoms with Crippen LogP contribution in [-0.4, -0.2) is 10.7 Å². The summed E-state index contributed by atoms with van der Waals surface area (Å²) in [4.78, 5) is 5.69. The van der Waals surface area contributed by atoms with Gasteiger partial charge in [0.05, 0.1) is 5.69 Å². The molecule has 0 saturated carbocycles. The van der Waals surface area contributed by atoms with Crippen LogP contribution in [0.5, 0.6) is 0 Å². The van der Waals surface area contributed by atoms with Gasteiger partial charge >= 0.3 is 0 Å². The fourth-order valence-electron chi connectivity index (χ4n) is 1.51. The Labute approximate surface area is 104 Å². The number of thiazole rings is 1. The van der Waals surface area contributed by atoms with Crippen LogP contribution in [0.1, 0.15) is 10.6 Å². The Bertz CT molecular complexity index is 494. The van der Waals surface area contributed by atoms with Gasteiger partial charge in [-0.3, -0.25) is 0 Å². The monoisotopic (exact) mass is 253 g/mol. The molecule has 0 N–H and O–H groups in total. The second-order valence-electron chi connectivity index (χ2n) is 3.51. The van der Waals surface area contributed by atoms with E-state index in [-0.39, 0.29) is 5.82 Å². The van der Waals surface area contributed by atoms with Gasteiger partial charge in [-0.2, -0.15) is 12.6 Å². The van der Waals surface area contributed by atoms with E-state index in [9.17, 15) is 4.39 Å². The molecule has 0 saturated heterocycles. The van der Waals surface area contributed by atoms with Gasteiger partial charge in [0, 0.05) is 10.4 Å². The first kappa shape index (κ1) is 11.6. The van der Waals surface area contributed by atoms with Crippen molar-refractivity contribution in [1.82, 2.24) is 4.98 Å². The molecule has 84 valence electrons. The molecule has 0 aliphatic rings. The summed E-state index contributed by atoms with van der Waals surface area (Å²) in [5, 5.41) is 0.883. The van der Waals surface area contributed by atoms with Crippen LogP contribution >= 0.6 is 24.0 Å². The van der Waals surface area contributed by atoms with Crippen molar-refractivity contribution in [2.75, 3.05) is 5.75 Å². The second kappa shape index (κ2) is 4.97. The average Bonchev–Trinajstić information content (AvgIpc) is 2.61. The molecule has 0 unspecified atom stereocenters. The quantitative estimate of drug-likeness (QED) is 0.822. The Hall–Kier alpha value is -0.870. The lowest BCUT2D eigenvalue weighted by atomic mass is 10.2. The molecule has 4 heteroatoms. The highest BCUT2D eigenvalue weighted by molar-refractivity contribution is 7.80. The largest absolute Gasteiger partial charge is 0.241 e. The Morgan fingerprint density at radius 2 is 2.25 bits per heavy atom. The molecule has 1 nitrogen and oxygen atoms in total. The lowest BCUT2D eigenvalue weighted by Crippen LogP contribution is -1.84. The molecule has 1 aromatic carbocycles. The number of rotatable bonds is 3. The van der Waals surface area contributed by atoms with Gasteiger partial charge in [-0.15, -0.1) is 11.3 Å². The lowest BCUT2D eigenvalue weighted by Gasteiger charge is -1.95. The summed E-state index contributed by atoms with van der Waals surface area (Å²) in [5.74, 6) is 0.590. The molecular formula is C12H12FNS2. The molecule has 0 bridgehead atoms. The highest BCUT2D eigenvalue weighted by Gasteiger charge is 2.09. The highest BCUT2D eigenvalue weighted by atomic mass is 32.1. The Kier molecular flexibility index (Phi) is 3.61. The Balaban J connectivity index is 2.37. The first-order valence-corrected chi connectivity index (χ1v) is 6.48. The third-order valence-electron chi connectivity index (χ3n) is 2.30. The van der Waals surface area contributed by atoms with Crippen LogP contribution in [0.15, 0.2) is 24.3 Å². The van der Waals surface area contributed by atoms with Crippen molar-refractivity contribution < 1.29 is 4.39 Å². The molecule has 0 aliphatic carbocycles. The molecule has 0 radical (unpaired) electrons. The first-order chi connectivity index (χ1) is 7.70. The fourth-order valence-corrected chi connectivity index (χ4v) is 2.94. The second-order valence-corrected chi connectivity index (χ2v) is 5.04. The van der Waals surface area contributed by atoms with Crippen LogP contribution in [-0.2, 0) is 6.42 Å². The molecule has 0 atom stereocenters. The summed E-state index contributed by atoms with van der Waals surface area (Å²) in [7, 11) is 0. The lowest BCUT2D eigenvalue weighted by molar-refractivity contribution is 0.628. The molecular weight excluding hydrogens is 241 g/mol. The van der Waals surface area contributed by atoms with E-state index in [0.717, 1.165) is 28.4 Å². The SMILES string of the molecule is Cc1nc(-c2cccc(F)c2)sc1CCS. The number of halogens is 1. The fraction of sp³-hybridized carbons (Fsp3) is 0.250. The molecule has 2 rings (SSSR count). The van der Waals surface area contributed by atoms with E-state index in [0.29, 0.717) is 0 Å². The zero-order valence-electron chi connectivity index (χ0n) is 8.90. The summed E-state index contributed by atoms with van der Waals surface area (Å²) in [6.07, 6.45) is 0.919. The van der Waals surface area contributed by atoms with Gasteiger partial charge in [0.25, 0.3) is 0 Å². The van der Waals surface area contributed by atoms with Gasteiger partial charge < -0.3 is 0 Å². The summed E-state index contributed by atoms with van der Waals surface area (Å²) in [5.41, 5.74) is 1.87. The molecule has 16 heavy (non-hydrogen) atoms. The Morgan fingerprint density at radius 3 is 2.94 bits per heavy atom. The van der Waals surface area contributed by atoms with Crippen molar-refractivity contribution in [2.45, 2.75) is 13.3 Å². The zero-order chi connectivity index (χ0) is 11.5. The number of nitrogens with zero attached hydrogens (tertiary/aromatic N) is 1. The minimum absolute atomic E-state index is 0.221. The number of benzene rings is 1. The van der Waals surface area contributed by atoms with Crippen molar-refractivity contribution in [1.29, 1.82) is 0 Å². The topological polar surface area (TPSA) is 12.9 Å². The van der Waals surface area contributed by atoms with Gasteiger partial charge in [0.2, 0.25) is 0 Å². The van der Waals surface area contributed by atoms with E-state index in [4.69, 9.17) is 0 Å². The van der Waals surface area contributed by atoms with E-state index in [2.05, 4.69) is 17.6 Å². The van der Waals surface area contributed by atoms with Crippen molar-refractivity contribution in [3.05, 3.63) is 40.7 Å². The Morgan fingerprint density at radius 1 is 1.44 bits per heavy atom. The maximum atomic E-state index is 13.1. The predicted octanol–water partition coefficient (Wildman–Crippen LogP) is 3.73. The summed E-state index contributed by atoms with van der Waals surface area (Å²) >= 11 is 5.83. The van der Waals surface area contributed by atoms with Gasteiger partial charge in [-0.25, -0.2) is 9.37 Å². The van der Waals surface area contributed by atoms with Crippen LogP contribution in [0.4, 0.5) is 4.39 Å². The van der Waals surface area contributed by atoms with E-state index < -0.39 is 0 Å². The maximum Gasteiger partial charge on any atom is 0.123 e. The van der Waals surface area contributed by atoms with Crippen molar-refractivity contribution in [3.8, 4) is 10.6 Å². The normalized spacial score (nSPS) is 10.7. The molecule has 0 fully saturated rings. The molecule has 2 aromatic rings. The van der Waals surface area contributed by atoms with Crippen molar-refractivity contribution >= 4 is 24.0 Å². The van der Waals surface area contributed by atoms with Gasteiger partial charge in [-0.05, 0) is 31.2 Å². The molecule has 0 aliphatic heterocycles. The van der Waals surface area contributed by atoms with E-state index in [1.54, 1.807) is 17.4 Å². The summed E-state index contributed by atoms with van der Waals surface area (Å²) in [6, 6.07) is 6.55.